The molecule has 2 amide bonds. The summed E-state index contributed by atoms with van der Waals surface area (Å²) in [6.45, 7) is 13.5. The maximum atomic E-state index is 13.4. The molecule has 0 radical (unpaired) electrons. The van der Waals surface area contributed by atoms with Gasteiger partial charge in [-0.15, -0.1) is 0 Å². The van der Waals surface area contributed by atoms with Gasteiger partial charge in [-0.3, -0.25) is 19.8 Å². The van der Waals surface area contributed by atoms with E-state index in [0.29, 0.717) is 5.69 Å². The molecule has 0 saturated carbocycles. The van der Waals surface area contributed by atoms with Gasteiger partial charge in [0.1, 0.15) is 5.57 Å². The van der Waals surface area contributed by atoms with Crippen molar-refractivity contribution in [2.75, 3.05) is 16.3 Å². The molecule has 0 spiro atoms. The van der Waals surface area contributed by atoms with Crippen LogP contribution in [0.25, 0.3) is 11.6 Å². The zero-order valence-corrected chi connectivity index (χ0v) is 20.8. The van der Waals surface area contributed by atoms with Gasteiger partial charge in [0.25, 0.3) is 11.8 Å². The van der Waals surface area contributed by atoms with Gasteiger partial charge in [-0.25, -0.2) is 0 Å². The van der Waals surface area contributed by atoms with Crippen LogP contribution in [0.3, 0.4) is 0 Å². The standard InChI is InChI=1S/C27H29N3O2S/c1-7-29-23-9-8-19(13-21(23)18(4)15-27(29,5)6)14-22-24(31)28-26(33)30(25(22)32)20-11-16(2)10-17(3)12-20/h8-15H,7H2,1-6H3,(H,28,31,33)/b22-14-. The Bertz CT molecular complexity index is 1240. The zero-order chi connectivity index (χ0) is 24.1. The van der Waals surface area contributed by atoms with Crippen molar-refractivity contribution in [1.29, 1.82) is 0 Å². The number of allylic oxidation sites excluding steroid dienone is 1. The number of fused-ring (bicyclic) bond motifs is 1. The Morgan fingerprint density at radius 1 is 1.03 bits per heavy atom. The molecule has 2 aliphatic rings. The smallest absolute Gasteiger partial charge is 0.270 e. The van der Waals surface area contributed by atoms with Crippen LogP contribution in [0.4, 0.5) is 11.4 Å². The van der Waals surface area contributed by atoms with E-state index < -0.39 is 11.8 Å². The largest absolute Gasteiger partial charge is 0.363 e. The minimum absolute atomic E-state index is 0.0628. The van der Waals surface area contributed by atoms with Crippen molar-refractivity contribution in [3.8, 4) is 0 Å². The van der Waals surface area contributed by atoms with E-state index in [-0.39, 0.29) is 16.2 Å². The second-order valence-corrected chi connectivity index (χ2v) is 9.69. The van der Waals surface area contributed by atoms with Crippen molar-refractivity contribution in [3.63, 3.8) is 0 Å². The number of likely N-dealkylation sites (N-methyl/N-ethyl adjacent to an activating group) is 1. The Balaban J connectivity index is 1.76. The Morgan fingerprint density at radius 3 is 2.33 bits per heavy atom. The van der Waals surface area contributed by atoms with E-state index in [2.05, 4.69) is 50.1 Å². The number of carbonyl (C=O) groups is 2. The number of anilines is 2. The van der Waals surface area contributed by atoms with Crippen molar-refractivity contribution in [2.24, 2.45) is 0 Å². The van der Waals surface area contributed by atoms with Gasteiger partial charge in [-0.05, 0) is 106 Å². The van der Waals surface area contributed by atoms with Gasteiger partial charge in [0.2, 0.25) is 0 Å². The molecule has 1 N–H and O–H groups in total. The lowest BCUT2D eigenvalue weighted by Gasteiger charge is -2.42. The van der Waals surface area contributed by atoms with Crippen molar-refractivity contribution < 1.29 is 9.59 Å². The van der Waals surface area contributed by atoms with Crippen molar-refractivity contribution in [1.82, 2.24) is 5.32 Å². The van der Waals surface area contributed by atoms with Crippen LogP contribution in [0.5, 0.6) is 0 Å². The molecule has 1 saturated heterocycles. The monoisotopic (exact) mass is 459 g/mol. The van der Waals surface area contributed by atoms with Crippen LogP contribution in [0.2, 0.25) is 0 Å². The van der Waals surface area contributed by atoms with Crippen molar-refractivity contribution in [2.45, 2.75) is 47.1 Å². The first-order chi connectivity index (χ1) is 15.5. The maximum Gasteiger partial charge on any atom is 0.270 e. The molecule has 1 fully saturated rings. The summed E-state index contributed by atoms with van der Waals surface area (Å²) in [5, 5.41) is 2.77. The van der Waals surface area contributed by atoms with E-state index in [9.17, 15) is 9.59 Å². The third-order valence-corrected chi connectivity index (χ3v) is 6.48. The normalized spacial score (nSPS) is 18.9. The number of thiocarbonyl (C=S) groups is 1. The molecule has 0 bridgehead atoms. The summed E-state index contributed by atoms with van der Waals surface area (Å²) < 4.78 is 0. The summed E-state index contributed by atoms with van der Waals surface area (Å²) in [4.78, 5) is 29.9. The molecule has 2 aliphatic heterocycles. The lowest BCUT2D eigenvalue weighted by molar-refractivity contribution is -0.122. The molecule has 0 atom stereocenters. The van der Waals surface area contributed by atoms with Crippen LogP contribution in [-0.4, -0.2) is 29.0 Å². The number of hydrogen-bond acceptors (Lipinski definition) is 4. The first-order valence-corrected chi connectivity index (χ1v) is 11.5. The molecule has 4 rings (SSSR count). The van der Waals surface area contributed by atoms with E-state index in [1.165, 1.54) is 10.5 Å². The number of aryl methyl sites for hydroxylation is 2. The summed E-state index contributed by atoms with van der Waals surface area (Å²) in [6.07, 6.45) is 3.91. The second kappa shape index (κ2) is 8.27. The minimum Gasteiger partial charge on any atom is -0.363 e. The van der Waals surface area contributed by atoms with Gasteiger partial charge in [0.15, 0.2) is 5.11 Å². The number of hydrogen-bond donors (Lipinski definition) is 1. The van der Waals surface area contributed by atoms with Gasteiger partial charge >= 0.3 is 0 Å². The molecular weight excluding hydrogens is 430 g/mol. The number of benzene rings is 2. The van der Waals surface area contributed by atoms with Crippen LogP contribution in [0.1, 0.15) is 49.9 Å². The molecule has 0 aromatic heterocycles. The van der Waals surface area contributed by atoms with E-state index >= 15 is 0 Å². The predicted molar refractivity (Wildman–Crippen MR) is 139 cm³/mol. The summed E-state index contributed by atoms with van der Waals surface area (Å²) in [7, 11) is 0. The van der Waals surface area contributed by atoms with Crippen LogP contribution >= 0.6 is 12.2 Å². The first-order valence-electron chi connectivity index (χ1n) is 11.1. The van der Waals surface area contributed by atoms with Crippen LogP contribution in [-0.2, 0) is 9.59 Å². The summed E-state index contributed by atoms with van der Waals surface area (Å²) in [5.41, 5.74) is 6.91. The van der Waals surface area contributed by atoms with E-state index in [1.54, 1.807) is 6.08 Å². The SMILES string of the molecule is CCN1c2ccc(/C=C3/C(=O)NC(=S)N(c4cc(C)cc(C)c4)C3=O)cc2C(C)=CC1(C)C. The average Bonchev–Trinajstić information content (AvgIpc) is 2.70. The number of amides is 2. The molecule has 33 heavy (non-hydrogen) atoms. The molecule has 0 unspecified atom stereocenters. The van der Waals surface area contributed by atoms with E-state index in [4.69, 9.17) is 12.2 Å². The van der Waals surface area contributed by atoms with Crippen LogP contribution in [0.15, 0.2) is 48.0 Å². The summed E-state index contributed by atoms with van der Waals surface area (Å²) in [5.74, 6) is -0.901. The number of nitrogens with zero attached hydrogens (tertiary/aromatic N) is 2. The topological polar surface area (TPSA) is 52.7 Å². The number of carbonyl (C=O) groups excluding carboxylic acids is 2. The quantitative estimate of drug-likeness (QED) is 0.392. The van der Waals surface area contributed by atoms with Crippen LogP contribution < -0.4 is 15.1 Å². The Hall–Kier alpha value is -3.25. The molecule has 5 nitrogen and oxygen atoms in total. The van der Waals surface area contributed by atoms with E-state index in [0.717, 1.165) is 34.5 Å². The molecule has 2 aromatic rings. The minimum atomic E-state index is -0.480. The van der Waals surface area contributed by atoms with Gasteiger partial charge in [-0.1, -0.05) is 18.2 Å². The third-order valence-electron chi connectivity index (χ3n) is 6.20. The molecule has 2 aromatic carbocycles. The zero-order valence-electron chi connectivity index (χ0n) is 19.9. The Morgan fingerprint density at radius 2 is 1.70 bits per heavy atom. The maximum absolute atomic E-state index is 13.4. The fourth-order valence-electron chi connectivity index (χ4n) is 4.91. The van der Waals surface area contributed by atoms with E-state index in [1.807, 2.05) is 44.2 Å². The summed E-state index contributed by atoms with van der Waals surface area (Å²) in [6, 6.07) is 11.9. The predicted octanol–water partition coefficient (Wildman–Crippen LogP) is 5.16. The van der Waals surface area contributed by atoms with Gasteiger partial charge < -0.3 is 4.90 Å². The number of nitrogens with one attached hydrogen (secondary N) is 1. The van der Waals surface area contributed by atoms with Crippen molar-refractivity contribution in [3.05, 3.63) is 70.3 Å². The lowest BCUT2D eigenvalue weighted by Crippen LogP contribution is -2.54. The lowest BCUT2D eigenvalue weighted by atomic mass is 9.88. The highest BCUT2D eigenvalue weighted by Gasteiger charge is 2.35. The Labute approximate surface area is 200 Å². The second-order valence-electron chi connectivity index (χ2n) is 9.31. The summed E-state index contributed by atoms with van der Waals surface area (Å²) >= 11 is 5.34. The van der Waals surface area contributed by atoms with Crippen LogP contribution in [0, 0.1) is 13.8 Å². The number of rotatable bonds is 3. The average molecular weight is 460 g/mol. The molecular formula is C27H29N3O2S. The first kappa shape index (κ1) is 22.9. The van der Waals surface area contributed by atoms with Crippen molar-refractivity contribution >= 4 is 52.2 Å². The fraction of sp³-hybridized carbons (Fsp3) is 0.296. The van der Waals surface area contributed by atoms with Gasteiger partial charge in [0.05, 0.1) is 11.2 Å². The highest BCUT2D eigenvalue weighted by Crippen LogP contribution is 2.39. The molecule has 6 heteroatoms. The highest BCUT2D eigenvalue weighted by molar-refractivity contribution is 7.80. The highest BCUT2D eigenvalue weighted by atomic mass is 32.1. The Kier molecular flexibility index (Phi) is 5.74. The molecule has 2 heterocycles. The fourth-order valence-corrected chi connectivity index (χ4v) is 5.19. The third kappa shape index (κ3) is 4.11. The van der Waals surface area contributed by atoms with Gasteiger partial charge in [-0.2, -0.15) is 0 Å². The molecule has 0 aliphatic carbocycles. The van der Waals surface area contributed by atoms with Gasteiger partial charge in [0, 0.05) is 17.8 Å². The molecule has 170 valence electrons.